The van der Waals surface area contributed by atoms with E-state index in [0.29, 0.717) is 6.61 Å². The molecule has 16 heavy (non-hydrogen) atoms. The van der Waals surface area contributed by atoms with Crippen LogP contribution in [0.2, 0.25) is 0 Å². The molecule has 5 atom stereocenters. The molecule has 1 saturated heterocycles. The second-order valence-corrected chi connectivity index (χ2v) is 3.56. The molecular weight excluding hydrogens is 220 g/mol. The van der Waals surface area contributed by atoms with Gasteiger partial charge in [0.1, 0.15) is 24.4 Å². The van der Waals surface area contributed by atoms with Crippen molar-refractivity contribution in [1.29, 1.82) is 0 Å². The third-order valence-corrected chi connectivity index (χ3v) is 2.42. The Morgan fingerprint density at radius 1 is 1.06 bits per heavy atom. The predicted octanol–water partition coefficient (Wildman–Crippen LogP) is -2.55. The van der Waals surface area contributed by atoms with Gasteiger partial charge in [-0.1, -0.05) is 0 Å². The molecule has 1 unspecified atom stereocenters. The molecule has 1 fully saturated rings. The van der Waals surface area contributed by atoms with Crippen LogP contribution in [0.3, 0.4) is 0 Å². The van der Waals surface area contributed by atoms with Crippen LogP contribution >= 0.6 is 0 Å². The lowest BCUT2D eigenvalue weighted by atomic mass is 9.99. The fourth-order valence-electron chi connectivity index (χ4n) is 1.45. The third-order valence-electron chi connectivity index (χ3n) is 2.42. The SMILES string of the molecule is COCCOC1O[C@H](CO)[C@@H](O)[C@H](O)[C@H]1O. The highest BCUT2D eigenvalue weighted by molar-refractivity contribution is 4.88. The van der Waals surface area contributed by atoms with Crippen LogP contribution in [0.4, 0.5) is 0 Å². The van der Waals surface area contributed by atoms with E-state index in [1.54, 1.807) is 0 Å². The highest BCUT2D eigenvalue weighted by atomic mass is 16.7. The van der Waals surface area contributed by atoms with E-state index in [1.807, 2.05) is 0 Å². The summed E-state index contributed by atoms with van der Waals surface area (Å²) in [5, 5.41) is 37.3. The van der Waals surface area contributed by atoms with Gasteiger partial charge in [-0.2, -0.15) is 0 Å². The Labute approximate surface area is 93.2 Å². The first-order valence-electron chi connectivity index (χ1n) is 5.03. The predicted molar refractivity (Wildman–Crippen MR) is 51.6 cm³/mol. The van der Waals surface area contributed by atoms with E-state index in [0.717, 1.165) is 0 Å². The molecule has 7 nitrogen and oxygen atoms in total. The standard InChI is InChI=1S/C9H18O7/c1-14-2-3-15-9-8(13)7(12)6(11)5(4-10)16-9/h5-13H,2-4H2,1H3/t5-,6-,7+,8-,9?/m1/s1. The molecule has 7 heteroatoms. The molecule has 0 aromatic rings. The second-order valence-electron chi connectivity index (χ2n) is 3.56. The molecule has 1 aliphatic heterocycles. The van der Waals surface area contributed by atoms with E-state index in [1.165, 1.54) is 7.11 Å². The molecule has 0 aromatic carbocycles. The first kappa shape index (κ1) is 13.8. The number of hydrogen-bond acceptors (Lipinski definition) is 7. The van der Waals surface area contributed by atoms with Gasteiger partial charge in [0.05, 0.1) is 19.8 Å². The van der Waals surface area contributed by atoms with Gasteiger partial charge in [0.2, 0.25) is 0 Å². The van der Waals surface area contributed by atoms with E-state index in [9.17, 15) is 15.3 Å². The lowest BCUT2D eigenvalue weighted by Gasteiger charge is -2.39. The van der Waals surface area contributed by atoms with Gasteiger partial charge in [-0.25, -0.2) is 0 Å². The summed E-state index contributed by atoms with van der Waals surface area (Å²) in [7, 11) is 1.50. The van der Waals surface area contributed by atoms with Crippen molar-refractivity contribution in [3.8, 4) is 0 Å². The molecule has 1 aliphatic rings. The topological polar surface area (TPSA) is 109 Å². The maximum Gasteiger partial charge on any atom is 0.186 e. The molecule has 4 N–H and O–H groups in total. The molecule has 0 aliphatic carbocycles. The normalized spacial score (nSPS) is 39.9. The summed E-state index contributed by atoms with van der Waals surface area (Å²) in [6, 6.07) is 0. The zero-order valence-corrected chi connectivity index (χ0v) is 9.02. The Morgan fingerprint density at radius 3 is 2.31 bits per heavy atom. The third kappa shape index (κ3) is 3.11. The summed E-state index contributed by atoms with van der Waals surface area (Å²) in [5.41, 5.74) is 0. The highest BCUT2D eigenvalue weighted by Gasteiger charge is 2.43. The van der Waals surface area contributed by atoms with Gasteiger partial charge in [0.25, 0.3) is 0 Å². The van der Waals surface area contributed by atoms with Crippen molar-refractivity contribution in [2.75, 3.05) is 26.9 Å². The number of hydrogen-bond donors (Lipinski definition) is 4. The molecule has 96 valence electrons. The van der Waals surface area contributed by atoms with Crippen LogP contribution in [-0.2, 0) is 14.2 Å². The smallest absolute Gasteiger partial charge is 0.186 e. The summed E-state index contributed by atoms with van der Waals surface area (Å²) in [4.78, 5) is 0. The van der Waals surface area contributed by atoms with Crippen molar-refractivity contribution >= 4 is 0 Å². The molecule has 0 aromatic heterocycles. The average Bonchev–Trinajstić information content (AvgIpc) is 2.29. The molecule has 1 heterocycles. The molecule has 0 spiro atoms. The number of rotatable bonds is 5. The Bertz CT molecular complexity index is 198. The monoisotopic (exact) mass is 238 g/mol. The van der Waals surface area contributed by atoms with Crippen molar-refractivity contribution in [3.05, 3.63) is 0 Å². The maximum atomic E-state index is 9.54. The zero-order chi connectivity index (χ0) is 12.1. The van der Waals surface area contributed by atoms with Gasteiger partial charge >= 0.3 is 0 Å². The zero-order valence-electron chi connectivity index (χ0n) is 9.02. The lowest BCUT2D eigenvalue weighted by Crippen LogP contribution is -2.59. The minimum absolute atomic E-state index is 0.180. The van der Waals surface area contributed by atoms with Gasteiger partial charge in [0, 0.05) is 7.11 Å². The Morgan fingerprint density at radius 2 is 1.75 bits per heavy atom. The first-order valence-corrected chi connectivity index (χ1v) is 5.03. The van der Waals surface area contributed by atoms with E-state index in [4.69, 9.17) is 19.3 Å². The van der Waals surface area contributed by atoms with Gasteiger partial charge in [0.15, 0.2) is 6.29 Å². The van der Waals surface area contributed by atoms with Crippen LogP contribution in [0.5, 0.6) is 0 Å². The number of ether oxygens (including phenoxy) is 3. The molecule has 1 rings (SSSR count). The van der Waals surface area contributed by atoms with Crippen molar-refractivity contribution in [2.45, 2.75) is 30.7 Å². The van der Waals surface area contributed by atoms with Gasteiger partial charge in [-0.15, -0.1) is 0 Å². The second kappa shape index (κ2) is 6.45. The van der Waals surface area contributed by atoms with E-state index in [2.05, 4.69) is 0 Å². The van der Waals surface area contributed by atoms with Crippen molar-refractivity contribution in [3.63, 3.8) is 0 Å². The van der Waals surface area contributed by atoms with Gasteiger partial charge in [-0.3, -0.25) is 0 Å². The van der Waals surface area contributed by atoms with Gasteiger partial charge < -0.3 is 34.6 Å². The fraction of sp³-hybridized carbons (Fsp3) is 1.00. The van der Waals surface area contributed by atoms with Crippen LogP contribution in [0, 0.1) is 0 Å². The van der Waals surface area contributed by atoms with Crippen molar-refractivity contribution in [1.82, 2.24) is 0 Å². The number of methoxy groups -OCH3 is 1. The fourth-order valence-corrected chi connectivity index (χ4v) is 1.45. The average molecular weight is 238 g/mol. The van der Waals surface area contributed by atoms with Crippen molar-refractivity contribution in [2.24, 2.45) is 0 Å². The Balaban J connectivity index is 2.50. The number of aliphatic hydroxyl groups is 4. The van der Waals surface area contributed by atoms with Crippen LogP contribution in [-0.4, -0.2) is 78.1 Å². The summed E-state index contributed by atoms with van der Waals surface area (Å²) in [5.74, 6) is 0. The molecular formula is C9H18O7. The van der Waals surface area contributed by atoms with Crippen molar-refractivity contribution < 1.29 is 34.6 Å². The van der Waals surface area contributed by atoms with Crippen LogP contribution in [0.15, 0.2) is 0 Å². The maximum absolute atomic E-state index is 9.54. The first-order chi connectivity index (χ1) is 7.61. The summed E-state index contributed by atoms with van der Waals surface area (Å²) >= 11 is 0. The highest BCUT2D eigenvalue weighted by Crippen LogP contribution is 2.21. The minimum Gasteiger partial charge on any atom is -0.394 e. The van der Waals surface area contributed by atoms with E-state index < -0.39 is 37.3 Å². The van der Waals surface area contributed by atoms with Crippen LogP contribution in [0.1, 0.15) is 0 Å². The quantitative estimate of drug-likeness (QED) is 0.390. The summed E-state index contributed by atoms with van der Waals surface area (Å²) in [6.45, 7) is 0.0310. The minimum atomic E-state index is -1.40. The van der Waals surface area contributed by atoms with Crippen LogP contribution in [0.25, 0.3) is 0 Å². The van der Waals surface area contributed by atoms with Crippen LogP contribution < -0.4 is 0 Å². The molecule has 0 radical (unpaired) electrons. The lowest BCUT2D eigenvalue weighted by molar-refractivity contribution is -0.302. The largest absolute Gasteiger partial charge is 0.394 e. The number of aliphatic hydroxyl groups excluding tert-OH is 4. The molecule has 0 saturated carbocycles. The molecule has 0 bridgehead atoms. The van der Waals surface area contributed by atoms with Gasteiger partial charge in [-0.05, 0) is 0 Å². The Hall–Kier alpha value is -0.280. The van der Waals surface area contributed by atoms with E-state index in [-0.39, 0.29) is 6.61 Å². The summed E-state index contributed by atoms with van der Waals surface area (Å²) in [6.07, 6.45) is -6.13. The molecule has 0 amide bonds. The summed E-state index contributed by atoms with van der Waals surface area (Å²) < 4.78 is 14.9. The van der Waals surface area contributed by atoms with E-state index >= 15 is 0 Å². The Kier molecular flexibility index (Phi) is 5.56.